The molecule has 0 aliphatic heterocycles. The SMILES string of the molecule is CCNC(=NCc1c(CC)noc1CC)NCC1(c2ccccc2)CC1.I. The van der Waals surface area contributed by atoms with E-state index < -0.39 is 0 Å². The fourth-order valence-electron chi connectivity index (χ4n) is 3.38. The Morgan fingerprint density at radius 1 is 1.11 bits per heavy atom. The summed E-state index contributed by atoms with van der Waals surface area (Å²) in [6.45, 7) is 8.64. The zero-order valence-corrected chi connectivity index (χ0v) is 18.9. The fraction of sp³-hybridized carbons (Fsp3) is 0.524. The zero-order chi connectivity index (χ0) is 18.4. The van der Waals surface area contributed by atoms with Crippen molar-refractivity contribution < 1.29 is 4.52 Å². The van der Waals surface area contributed by atoms with Crippen LogP contribution < -0.4 is 10.6 Å². The molecule has 1 saturated carbocycles. The van der Waals surface area contributed by atoms with E-state index in [9.17, 15) is 0 Å². The van der Waals surface area contributed by atoms with Crippen molar-refractivity contribution in [3.63, 3.8) is 0 Å². The van der Waals surface area contributed by atoms with E-state index in [1.54, 1.807) is 0 Å². The van der Waals surface area contributed by atoms with Gasteiger partial charge in [0.1, 0.15) is 5.76 Å². The van der Waals surface area contributed by atoms with E-state index in [4.69, 9.17) is 9.52 Å². The third kappa shape index (κ3) is 5.24. The number of nitrogens with one attached hydrogen (secondary N) is 2. The lowest BCUT2D eigenvalue weighted by Crippen LogP contribution is -2.41. The molecule has 1 fully saturated rings. The molecule has 0 spiro atoms. The molecule has 0 saturated heterocycles. The third-order valence-corrected chi connectivity index (χ3v) is 5.18. The minimum Gasteiger partial charge on any atom is -0.361 e. The van der Waals surface area contributed by atoms with Crippen LogP contribution in [0.1, 0.15) is 56.2 Å². The standard InChI is InChI=1S/C21H30N4O.HI/c1-4-18-17(19(5-2)26-25-18)14-23-20(22-6-3)24-15-21(12-13-21)16-10-8-7-9-11-16;/h7-11H,4-6,12-15H2,1-3H3,(H2,22,23,24);1H. The van der Waals surface area contributed by atoms with Gasteiger partial charge in [-0.15, -0.1) is 24.0 Å². The maximum Gasteiger partial charge on any atom is 0.191 e. The summed E-state index contributed by atoms with van der Waals surface area (Å²) in [5.41, 5.74) is 3.84. The van der Waals surface area contributed by atoms with Gasteiger partial charge in [0.2, 0.25) is 0 Å². The molecule has 3 rings (SSSR count). The van der Waals surface area contributed by atoms with Crippen LogP contribution in [0.4, 0.5) is 0 Å². The van der Waals surface area contributed by atoms with E-state index in [-0.39, 0.29) is 29.4 Å². The van der Waals surface area contributed by atoms with Crippen LogP contribution in [0, 0.1) is 0 Å². The first-order chi connectivity index (χ1) is 12.7. The summed E-state index contributed by atoms with van der Waals surface area (Å²) in [4.78, 5) is 4.79. The van der Waals surface area contributed by atoms with Crippen LogP contribution in [0.3, 0.4) is 0 Å². The van der Waals surface area contributed by atoms with Gasteiger partial charge in [0.25, 0.3) is 0 Å². The smallest absolute Gasteiger partial charge is 0.191 e. The quantitative estimate of drug-likeness (QED) is 0.336. The second-order valence-electron chi connectivity index (χ2n) is 6.93. The summed E-state index contributed by atoms with van der Waals surface area (Å²) in [6.07, 6.45) is 4.18. The van der Waals surface area contributed by atoms with Crippen molar-refractivity contribution in [3.05, 3.63) is 52.9 Å². The number of aromatic nitrogens is 1. The van der Waals surface area contributed by atoms with Gasteiger partial charge in [-0.2, -0.15) is 0 Å². The largest absolute Gasteiger partial charge is 0.361 e. The number of halogens is 1. The van der Waals surface area contributed by atoms with Crippen LogP contribution in [0.2, 0.25) is 0 Å². The Hall–Kier alpha value is -1.57. The molecule has 0 atom stereocenters. The topological polar surface area (TPSA) is 62.5 Å². The zero-order valence-electron chi connectivity index (χ0n) is 16.5. The molecule has 0 radical (unpaired) electrons. The summed E-state index contributed by atoms with van der Waals surface area (Å²) in [6, 6.07) is 10.8. The van der Waals surface area contributed by atoms with Crippen molar-refractivity contribution in [2.75, 3.05) is 13.1 Å². The van der Waals surface area contributed by atoms with Crippen LogP contribution in [0.25, 0.3) is 0 Å². The first-order valence-electron chi connectivity index (χ1n) is 9.76. The molecule has 2 aromatic rings. The number of aryl methyl sites for hydroxylation is 2. The van der Waals surface area contributed by atoms with E-state index in [0.29, 0.717) is 6.54 Å². The summed E-state index contributed by atoms with van der Waals surface area (Å²) >= 11 is 0. The van der Waals surface area contributed by atoms with Gasteiger partial charge in [0, 0.05) is 30.5 Å². The Morgan fingerprint density at radius 3 is 2.44 bits per heavy atom. The van der Waals surface area contributed by atoms with E-state index in [0.717, 1.165) is 48.9 Å². The summed E-state index contributed by atoms with van der Waals surface area (Å²) < 4.78 is 5.45. The van der Waals surface area contributed by atoms with Crippen molar-refractivity contribution in [3.8, 4) is 0 Å². The molecule has 148 valence electrons. The molecule has 5 nitrogen and oxygen atoms in total. The van der Waals surface area contributed by atoms with Gasteiger partial charge in [0.15, 0.2) is 5.96 Å². The number of benzene rings is 1. The number of hydrogen-bond acceptors (Lipinski definition) is 3. The van der Waals surface area contributed by atoms with Crippen molar-refractivity contribution in [2.45, 2.75) is 58.4 Å². The van der Waals surface area contributed by atoms with E-state index >= 15 is 0 Å². The Balaban J connectivity index is 0.00000261. The highest BCUT2D eigenvalue weighted by Crippen LogP contribution is 2.47. The molecule has 0 bridgehead atoms. The van der Waals surface area contributed by atoms with Crippen molar-refractivity contribution >= 4 is 29.9 Å². The number of guanidine groups is 1. The van der Waals surface area contributed by atoms with Crippen LogP contribution in [-0.4, -0.2) is 24.2 Å². The monoisotopic (exact) mass is 482 g/mol. The number of rotatable bonds is 8. The predicted molar refractivity (Wildman–Crippen MR) is 121 cm³/mol. The normalized spacial score (nSPS) is 15.1. The van der Waals surface area contributed by atoms with E-state index in [1.165, 1.54) is 18.4 Å². The van der Waals surface area contributed by atoms with E-state index in [2.05, 4.69) is 66.9 Å². The Morgan fingerprint density at radius 2 is 1.85 bits per heavy atom. The van der Waals surface area contributed by atoms with Crippen molar-refractivity contribution in [2.24, 2.45) is 4.99 Å². The van der Waals surface area contributed by atoms with Crippen LogP contribution in [0.15, 0.2) is 39.8 Å². The highest BCUT2D eigenvalue weighted by atomic mass is 127. The average Bonchev–Trinajstić information content (AvgIpc) is 3.37. The number of nitrogens with zero attached hydrogens (tertiary/aromatic N) is 2. The molecule has 1 aromatic heterocycles. The summed E-state index contributed by atoms with van der Waals surface area (Å²) in [5.74, 6) is 1.81. The van der Waals surface area contributed by atoms with Gasteiger partial charge in [-0.25, -0.2) is 4.99 Å². The minimum atomic E-state index is 0. The van der Waals surface area contributed by atoms with Crippen LogP contribution in [-0.2, 0) is 24.8 Å². The van der Waals surface area contributed by atoms with Crippen LogP contribution >= 0.6 is 24.0 Å². The van der Waals surface area contributed by atoms with Gasteiger partial charge in [-0.1, -0.05) is 49.3 Å². The Labute approximate surface area is 179 Å². The van der Waals surface area contributed by atoms with Crippen molar-refractivity contribution in [1.82, 2.24) is 15.8 Å². The first-order valence-corrected chi connectivity index (χ1v) is 9.76. The number of aliphatic imine (C=N–C) groups is 1. The van der Waals surface area contributed by atoms with Gasteiger partial charge >= 0.3 is 0 Å². The first kappa shape index (κ1) is 21.7. The van der Waals surface area contributed by atoms with Gasteiger partial charge in [0.05, 0.1) is 12.2 Å². The van der Waals surface area contributed by atoms with Crippen molar-refractivity contribution in [1.29, 1.82) is 0 Å². The highest BCUT2D eigenvalue weighted by Gasteiger charge is 2.44. The lowest BCUT2D eigenvalue weighted by Gasteiger charge is -2.19. The molecule has 2 N–H and O–H groups in total. The highest BCUT2D eigenvalue weighted by molar-refractivity contribution is 14.0. The molecule has 1 aliphatic rings. The molecule has 27 heavy (non-hydrogen) atoms. The molecule has 1 aromatic carbocycles. The molecule has 0 unspecified atom stereocenters. The second kappa shape index (κ2) is 10.1. The lowest BCUT2D eigenvalue weighted by molar-refractivity contribution is 0.380. The number of hydrogen-bond donors (Lipinski definition) is 2. The Kier molecular flexibility index (Phi) is 8.13. The molecular formula is C21H31IN4O. The lowest BCUT2D eigenvalue weighted by atomic mass is 9.96. The van der Waals surface area contributed by atoms with Crippen LogP contribution in [0.5, 0.6) is 0 Å². The minimum absolute atomic E-state index is 0. The maximum atomic E-state index is 5.45. The maximum absolute atomic E-state index is 5.45. The molecule has 1 heterocycles. The van der Waals surface area contributed by atoms with Gasteiger partial charge < -0.3 is 15.2 Å². The molecule has 0 amide bonds. The molecule has 1 aliphatic carbocycles. The third-order valence-electron chi connectivity index (χ3n) is 5.18. The summed E-state index contributed by atoms with van der Waals surface area (Å²) in [5, 5.41) is 11.1. The Bertz CT molecular complexity index is 716. The average molecular weight is 482 g/mol. The molecular weight excluding hydrogens is 451 g/mol. The summed E-state index contributed by atoms with van der Waals surface area (Å²) in [7, 11) is 0. The van der Waals surface area contributed by atoms with E-state index in [1.807, 2.05) is 0 Å². The predicted octanol–water partition coefficient (Wildman–Crippen LogP) is 4.20. The molecule has 6 heteroatoms. The second-order valence-corrected chi connectivity index (χ2v) is 6.93. The van der Waals surface area contributed by atoms with Gasteiger partial charge in [-0.3, -0.25) is 0 Å². The fourth-order valence-corrected chi connectivity index (χ4v) is 3.38. The van der Waals surface area contributed by atoms with Gasteiger partial charge in [-0.05, 0) is 31.7 Å².